The molecule has 1 aliphatic rings. The first kappa shape index (κ1) is 18.3. The molecular formula is C13H24O8. The molecule has 0 aromatic heterocycles. The molecule has 0 amide bonds. The van der Waals surface area contributed by atoms with E-state index in [0.717, 1.165) is 0 Å². The first-order valence-corrected chi connectivity index (χ1v) is 6.91. The van der Waals surface area contributed by atoms with E-state index in [2.05, 4.69) is 0 Å². The maximum atomic E-state index is 10.9. The van der Waals surface area contributed by atoms with Gasteiger partial charge in [-0.15, -0.1) is 0 Å². The summed E-state index contributed by atoms with van der Waals surface area (Å²) in [4.78, 5) is 10.9. The third kappa shape index (κ3) is 4.87. The average molecular weight is 308 g/mol. The molecule has 5 N–H and O–H groups in total. The Morgan fingerprint density at radius 3 is 2.29 bits per heavy atom. The standard InChI is InChI=1S/C13H24O8/c1-6(2)20-5-7(3-9(15)16)13-12(19)11(18)10(17)8(4-14)21-13/h6-8,10-14,17-19H,3-5H2,1-2H3,(H,15,16)/t7?,8-,10-,11+,12-,13?/m1/s1. The highest BCUT2D eigenvalue weighted by atomic mass is 16.5. The van der Waals surface area contributed by atoms with Crippen LogP contribution in [0.4, 0.5) is 0 Å². The molecule has 0 bridgehead atoms. The molecular weight excluding hydrogens is 284 g/mol. The van der Waals surface area contributed by atoms with Gasteiger partial charge in [0.2, 0.25) is 0 Å². The Kier molecular flexibility index (Phi) is 6.98. The van der Waals surface area contributed by atoms with Gasteiger partial charge < -0.3 is 35.0 Å². The predicted octanol–water partition coefficient (Wildman–Crippen LogP) is -1.66. The van der Waals surface area contributed by atoms with Crippen LogP contribution in [0, 0.1) is 5.92 Å². The van der Waals surface area contributed by atoms with Crippen LogP contribution in [-0.2, 0) is 14.3 Å². The van der Waals surface area contributed by atoms with Crippen LogP contribution >= 0.6 is 0 Å². The Morgan fingerprint density at radius 1 is 1.19 bits per heavy atom. The molecule has 1 heterocycles. The second kappa shape index (κ2) is 8.02. The van der Waals surface area contributed by atoms with Crippen molar-refractivity contribution in [2.24, 2.45) is 5.92 Å². The number of carboxylic acids is 1. The van der Waals surface area contributed by atoms with E-state index in [1.165, 1.54) is 0 Å². The Morgan fingerprint density at radius 2 is 1.81 bits per heavy atom. The number of carbonyl (C=O) groups is 1. The van der Waals surface area contributed by atoms with E-state index in [0.29, 0.717) is 0 Å². The molecule has 1 aliphatic heterocycles. The number of rotatable bonds is 7. The van der Waals surface area contributed by atoms with Crippen molar-refractivity contribution in [2.75, 3.05) is 13.2 Å². The van der Waals surface area contributed by atoms with Gasteiger partial charge in [0, 0.05) is 5.92 Å². The molecule has 0 aromatic carbocycles. The van der Waals surface area contributed by atoms with Crippen LogP contribution in [0.2, 0.25) is 0 Å². The quantitative estimate of drug-likeness (QED) is 0.377. The first-order chi connectivity index (χ1) is 9.77. The number of aliphatic carboxylic acids is 1. The van der Waals surface area contributed by atoms with Gasteiger partial charge >= 0.3 is 5.97 Å². The molecule has 0 saturated carbocycles. The number of hydrogen-bond acceptors (Lipinski definition) is 7. The lowest BCUT2D eigenvalue weighted by Crippen LogP contribution is -2.61. The molecule has 6 atom stereocenters. The summed E-state index contributed by atoms with van der Waals surface area (Å²) in [6, 6.07) is 0. The minimum absolute atomic E-state index is 0.0205. The number of ether oxygens (including phenoxy) is 2. The van der Waals surface area contributed by atoms with Crippen molar-refractivity contribution in [1.82, 2.24) is 0 Å². The smallest absolute Gasteiger partial charge is 0.303 e. The van der Waals surface area contributed by atoms with Crippen molar-refractivity contribution in [3.8, 4) is 0 Å². The molecule has 1 rings (SSSR count). The summed E-state index contributed by atoms with van der Waals surface area (Å²) < 4.78 is 10.7. The molecule has 8 heteroatoms. The molecule has 21 heavy (non-hydrogen) atoms. The molecule has 1 fully saturated rings. The van der Waals surface area contributed by atoms with E-state index < -0.39 is 49.0 Å². The number of aliphatic hydroxyl groups is 4. The highest BCUT2D eigenvalue weighted by Gasteiger charge is 2.46. The number of hydrogen-bond donors (Lipinski definition) is 5. The molecule has 2 unspecified atom stereocenters. The fourth-order valence-corrected chi connectivity index (χ4v) is 2.33. The number of aliphatic hydroxyl groups excluding tert-OH is 4. The minimum atomic E-state index is -1.52. The molecule has 0 spiro atoms. The van der Waals surface area contributed by atoms with E-state index in [9.17, 15) is 20.1 Å². The van der Waals surface area contributed by atoms with Crippen LogP contribution in [-0.4, -0.2) is 81.3 Å². The molecule has 0 aliphatic carbocycles. The van der Waals surface area contributed by atoms with Crippen molar-refractivity contribution < 1.29 is 39.8 Å². The zero-order chi connectivity index (χ0) is 16.2. The van der Waals surface area contributed by atoms with Gasteiger partial charge in [0.15, 0.2) is 0 Å². The zero-order valence-electron chi connectivity index (χ0n) is 12.1. The van der Waals surface area contributed by atoms with Crippen LogP contribution in [0.1, 0.15) is 20.3 Å². The highest BCUT2D eigenvalue weighted by molar-refractivity contribution is 5.67. The van der Waals surface area contributed by atoms with Crippen LogP contribution in [0.15, 0.2) is 0 Å². The van der Waals surface area contributed by atoms with Crippen LogP contribution in [0.25, 0.3) is 0 Å². The zero-order valence-corrected chi connectivity index (χ0v) is 12.1. The van der Waals surface area contributed by atoms with E-state index in [4.69, 9.17) is 19.7 Å². The lowest BCUT2D eigenvalue weighted by atomic mass is 9.86. The van der Waals surface area contributed by atoms with E-state index in [1.54, 1.807) is 13.8 Å². The van der Waals surface area contributed by atoms with Crippen LogP contribution in [0.3, 0.4) is 0 Å². The van der Waals surface area contributed by atoms with Crippen molar-refractivity contribution in [2.45, 2.75) is 56.9 Å². The van der Waals surface area contributed by atoms with Crippen molar-refractivity contribution in [1.29, 1.82) is 0 Å². The summed E-state index contributed by atoms with van der Waals surface area (Å²) in [5.74, 6) is -1.81. The van der Waals surface area contributed by atoms with Gasteiger partial charge in [0.25, 0.3) is 0 Å². The molecule has 0 radical (unpaired) electrons. The monoisotopic (exact) mass is 308 g/mol. The first-order valence-electron chi connectivity index (χ1n) is 6.91. The van der Waals surface area contributed by atoms with Crippen molar-refractivity contribution >= 4 is 5.97 Å². The van der Waals surface area contributed by atoms with E-state index in [1.807, 2.05) is 0 Å². The summed E-state index contributed by atoms with van der Waals surface area (Å²) in [6.07, 6.45) is -6.99. The fraction of sp³-hybridized carbons (Fsp3) is 0.923. The van der Waals surface area contributed by atoms with Gasteiger partial charge in [0.1, 0.15) is 24.4 Å². The second-order valence-corrected chi connectivity index (χ2v) is 5.53. The van der Waals surface area contributed by atoms with Gasteiger partial charge in [-0.3, -0.25) is 4.79 Å². The lowest BCUT2D eigenvalue weighted by molar-refractivity contribution is -0.245. The normalized spacial score (nSPS) is 34.9. The fourth-order valence-electron chi connectivity index (χ4n) is 2.33. The Labute approximate surface area is 122 Å². The van der Waals surface area contributed by atoms with Crippen LogP contribution in [0.5, 0.6) is 0 Å². The van der Waals surface area contributed by atoms with E-state index >= 15 is 0 Å². The van der Waals surface area contributed by atoms with Gasteiger partial charge in [0.05, 0.1) is 31.8 Å². The third-order valence-corrected chi connectivity index (χ3v) is 3.47. The maximum absolute atomic E-state index is 10.9. The summed E-state index contributed by atoms with van der Waals surface area (Å²) in [5.41, 5.74) is 0. The maximum Gasteiger partial charge on any atom is 0.303 e. The summed E-state index contributed by atoms with van der Waals surface area (Å²) >= 11 is 0. The van der Waals surface area contributed by atoms with Gasteiger partial charge in [-0.25, -0.2) is 0 Å². The topological polar surface area (TPSA) is 137 Å². The largest absolute Gasteiger partial charge is 0.481 e. The predicted molar refractivity (Wildman–Crippen MR) is 70.6 cm³/mol. The van der Waals surface area contributed by atoms with Gasteiger partial charge in [-0.2, -0.15) is 0 Å². The minimum Gasteiger partial charge on any atom is -0.481 e. The Balaban J connectivity index is 2.84. The average Bonchev–Trinajstić information content (AvgIpc) is 2.41. The van der Waals surface area contributed by atoms with Gasteiger partial charge in [-0.1, -0.05) is 0 Å². The SMILES string of the molecule is CC(C)OCC(CC(=O)O)C1O[C@H](CO)[C@@H](O)[C@H](O)[C@H]1O. The summed E-state index contributed by atoms with van der Waals surface area (Å²) in [5, 5.41) is 47.6. The highest BCUT2D eigenvalue weighted by Crippen LogP contribution is 2.28. The lowest BCUT2D eigenvalue weighted by Gasteiger charge is -2.43. The molecule has 124 valence electrons. The molecule has 0 aromatic rings. The van der Waals surface area contributed by atoms with Crippen molar-refractivity contribution in [3.05, 3.63) is 0 Å². The second-order valence-electron chi connectivity index (χ2n) is 5.53. The Bertz CT molecular complexity index is 332. The molecule has 8 nitrogen and oxygen atoms in total. The van der Waals surface area contributed by atoms with Gasteiger partial charge in [-0.05, 0) is 13.8 Å². The molecule has 1 saturated heterocycles. The summed E-state index contributed by atoms with van der Waals surface area (Å²) in [6.45, 7) is 3.04. The number of carboxylic acid groups (broad SMARTS) is 1. The third-order valence-electron chi connectivity index (χ3n) is 3.47. The Hall–Kier alpha value is -0.770. The summed E-state index contributed by atoms with van der Waals surface area (Å²) in [7, 11) is 0. The van der Waals surface area contributed by atoms with Crippen LogP contribution < -0.4 is 0 Å². The van der Waals surface area contributed by atoms with E-state index in [-0.39, 0.29) is 19.1 Å². The van der Waals surface area contributed by atoms with Crippen molar-refractivity contribution in [3.63, 3.8) is 0 Å².